The number of hydrogen-bond acceptors (Lipinski definition) is 2. The standard InChI is InChI=1S/C17H28N2/c1-3-19(4-2)17-12-15(10-11-16(17)13-18)14-8-6-5-7-9-14/h5-9,15-17H,3-4,10-13,18H2,1-2H3. The van der Waals surface area contributed by atoms with Gasteiger partial charge in [0, 0.05) is 6.04 Å². The highest BCUT2D eigenvalue weighted by Crippen LogP contribution is 2.37. The van der Waals surface area contributed by atoms with Gasteiger partial charge in [-0.1, -0.05) is 44.2 Å². The van der Waals surface area contributed by atoms with Gasteiger partial charge in [0.1, 0.15) is 0 Å². The third-order valence-corrected chi connectivity index (χ3v) is 4.81. The normalized spacial score (nSPS) is 27.7. The zero-order valence-electron chi connectivity index (χ0n) is 12.4. The van der Waals surface area contributed by atoms with E-state index in [0.29, 0.717) is 12.0 Å². The Labute approximate surface area is 118 Å². The average molecular weight is 260 g/mol. The third kappa shape index (κ3) is 3.37. The van der Waals surface area contributed by atoms with E-state index in [9.17, 15) is 0 Å². The molecule has 2 nitrogen and oxygen atoms in total. The molecule has 3 atom stereocenters. The number of nitrogens with zero attached hydrogens (tertiary/aromatic N) is 1. The van der Waals surface area contributed by atoms with Gasteiger partial charge < -0.3 is 10.6 Å². The van der Waals surface area contributed by atoms with Gasteiger partial charge in [0.2, 0.25) is 0 Å². The monoisotopic (exact) mass is 260 g/mol. The second kappa shape index (κ2) is 7.06. The summed E-state index contributed by atoms with van der Waals surface area (Å²) in [5, 5.41) is 0. The van der Waals surface area contributed by atoms with Crippen LogP contribution in [0.4, 0.5) is 0 Å². The lowest BCUT2D eigenvalue weighted by atomic mass is 9.75. The fourth-order valence-corrected chi connectivity index (χ4v) is 3.65. The van der Waals surface area contributed by atoms with Crippen molar-refractivity contribution in [2.75, 3.05) is 19.6 Å². The predicted octanol–water partition coefficient (Wildman–Crippen LogP) is 3.24. The minimum Gasteiger partial charge on any atom is -0.330 e. The van der Waals surface area contributed by atoms with Gasteiger partial charge in [0.05, 0.1) is 0 Å². The number of nitrogens with two attached hydrogens (primary N) is 1. The summed E-state index contributed by atoms with van der Waals surface area (Å²) in [5.74, 6) is 1.40. The van der Waals surface area contributed by atoms with Crippen molar-refractivity contribution < 1.29 is 0 Å². The van der Waals surface area contributed by atoms with Gasteiger partial charge in [-0.2, -0.15) is 0 Å². The maximum atomic E-state index is 6.00. The van der Waals surface area contributed by atoms with Crippen molar-refractivity contribution in [3.63, 3.8) is 0 Å². The smallest absolute Gasteiger partial charge is 0.0141 e. The van der Waals surface area contributed by atoms with Crippen LogP contribution in [0, 0.1) is 5.92 Å². The van der Waals surface area contributed by atoms with E-state index in [2.05, 4.69) is 49.1 Å². The molecule has 3 unspecified atom stereocenters. The Kier molecular flexibility index (Phi) is 5.41. The molecule has 0 amide bonds. The van der Waals surface area contributed by atoms with Crippen molar-refractivity contribution in [3.8, 4) is 0 Å². The Bertz CT molecular complexity index is 351. The highest BCUT2D eigenvalue weighted by Gasteiger charge is 2.32. The van der Waals surface area contributed by atoms with E-state index in [1.54, 1.807) is 0 Å². The fourth-order valence-electron chi connectivity index (χ4n) is 3.65. The Hall–Kier alpha value is -0.860. The van der Waals surface area contributed by atoms with Crippen LogP contribution in [0.5, 0.6) is 0 Å². The second-order valence-electron chi connectivity index (χ2n) is 5.70. The highest BCUT2D eigenvalue weighted by atomic mass is 15.2. The molecule has 0 saturated heterocycles. The van der Waals surface area contributed by atoms with E-state index in [0.717, 1.165) is 25.6 Å². The van der Waals surface area contributed by atoms with Gasteiger partial charge in [-0.3, -0.25) is 0 Å². The summed E-state index contributed by atoms with van der Waals surface area (Å²) in [6.45, 7) is 7.65. The molecule has 1 aliphatic rings. The van der Waals surface area contributed by atoms with Crippen molar-refractivity contribution in [1.82, 2.24) is 4.90 Å². The van der Waals surface area contributed by atoms with Crippen LogP contribution in [0.15, 0.2) is 30.3 Å². The minimum atomic E-state index is 0.666. The molecule has 0 heterocycles. The topological polar surface area (TPSA) is 29.3 Å². The molecular formula is C17H28N2. The van der Waals surface area contributed by atoms with Gasteiger partial charge in [-0.15, -0.1) is 0 Å². The van der Waals surface area contributed by atoms with Crippen LogP contribution in [0.1, 0.15) is 44.6 Å². The van der Waals surface area contributed by atoms with E-state index < -0.39 is 0 Å². The summed E-state index contributed by atoms with van der Waals surface area (Å²) < 4.78 is 0. The molecule has 106 valence electrons. The molecule has 0 spiro atoms. The molecule has 0 aliphatic heterocycles. The van der Waals surface area contributed by atoms with Crippen molar-refractivity contribution in [2.24, 2.45) is 11.7 Å². The number of hydrogen-bond donors (Lipinski definition) is 1. The van der Waals surface area contributed by atoms with Crippen molar-refractivity contribution in [3.05, 3.63) is 35.9 Å². The minimum absolute atomic E-state index is 0.666. The summed E-state index contributed by atoms with van der Waals surface area (Å²) in [5.41, 5.74) is 7.51. The SMILES string of the molecule is CCN(CC)C1CC(c2ccccc2)CCC1CN. The fraction of sp³-hybridized carbons (Fsp3) is 0.647. The Morgan fingerprint density at radius 3 is 2.37 bits per heavy atom. The van der Waals surface area contributed by atoms with Crippen LogP contribution >= 0.6 is 0 Å². The van der Waals surface area contributed by atoms with Crippen molar-refractivity contribution >= 4 is 0 Å². The summed E-state index contributed by atoms with van der Waals surface area (Å²) in [4.78, 5) is 2.60. The molecule has 1 aromatic carbocycles. The summed E-state index contributed by atoms with van der Waals surface area (Å²) in [6, 6.07) is 11.7. The molecule has 0 radical (unpaired) electrons. The Morgan fingerprint density at radius 1 is 1.11 bits per heavy atom. The molecule has 1 fully saturated rings. The first kappa shape index (κ1) is 14.5. The van der Waals surface area contributed by atoms with Crippen LogP contribution in [0.3, 0.4) is 0 Å². The van der Waals surface area contributed by atoms with Gasteiger partial charge in [0.25, 0.3) is 0 Å². The molecule has 0 bridgehead atoms. The van der Waals surface area contributed by atoms with Crippen molar-refractivity contribution in [1.29, 1.82) is 0 Å². The Morgan fingerprint density at radius 2 is 1.79 bits per heavy atom. The van der Waals surface area contributed by atoms with Crippen LogP contribution in [-0.2, 0) is 0 Å². The van der Waals surface area contributed by atoms with E-state index >= 15 is 0 Å². The molecule has 1 aromatic rings. The van der Waals surface area contributed by atoms with Crippen LogP contribution < -0.4 is 5.73 Å². The number of rotatable bonds is 5. The second-order valence-corrected chi connectivity index (χ2v) is 5.70. The van der Waals surface area contributed by atoms with E-state index in [-0.39, 0.29) is 0 Å². The average Bonchev–Trinajstić information content (AvgIpc) is 2.49. The zero-order valence-corrected chi connectivity index (χ0v) is 12.4. The van der Waals surface area contributed by atoms with Gasteiger partial charge in [-0.05, 0) is 56.3 Å². The number of benzene rings is 1. The predicted molar refractivity (Wildman–Crippen MR) is 82.3 cm³/mol. The summed E-state index contributed by atoms with van der Waals surface area (Å²) in [7, 11) is 0. The first-order chi connectivity index (χ1) is 9.30. The largest absolute Gasteiger partial charge is 0.330 e. The molecule has 0 aromatic heterocycles. The van der Waals surface area contributed by atoms with E-state index in [1.807, 2.05) is 0 Å². The van der Waals surface area contributed by atoms with Crippen LogP contribution in [0.2, 0.25) is 0 Å². The molecule has 19 heavy (non-hydrogen) atoms. The lowest BCUT2D eigenvalue weighted by Gasteiger charge is -2.42. The van der Waals surface area contributed by atoms with E-state index in [4.69, 9.17) is 5.73 Å². The Balaban J connectivity index is 2.11. The van der Waals surface area contributed by atoms with Crippen LogP contribution in [-0.4, -0.2) is 30.6 Å². The van der Waals surface area contributed by atoms with Crippen molar-refractivity contribution in [2.45, 2.75) is 45.1 Å². The zero-order chi connectivity index (χ0) is 13.7. The first-order valence-corrected chi connectivity index (χ1v) is 7.79. The molecule has 2 heteroatoms. The maximum Gasteiger partial charge on any atom is 0.0141 e. The molecule has 1 saturated carbocycles. The third-order valence-electron chi connectivity index (χ3n) is 4.81. The lowest BCUT2D eigenvalue weighted by Crippen LogP contribution is -2.46. The van der Waals surface area contributed by atoms with Gasteiger partial charge in [-0.25, -0.2) is 0 Å². The van der Waals surface area contributed by atoms with E-state index in [1.165, 1.54) is 24.8 Å². The molecule has 2 rings (SSSR count). The summed E-state index contributed by atoms with van der Waals surface area (Å²) in [6.07, 6.45) is 3.84. The summed E-state index contributed by atoms with van der Waals surface area (Å²) >= 11 is 0. The van der Waals surface area contributed by atoms with Crippen LogP contribution in [0.25, 0.3) is 0 Å². The maximum absolute atomic E-state index is 6.00. The van der Waals surface area contributed by atoms with Gasteiger partial charge in [0.15, 0.2) is 0 Å². The molecule has 2 N–H and O–H groups in total. The molecule has 1 aliphatic carbocycles. The highest BCUT2D eigenvalue weighted by molar-refractivity contribution is 5.20. The quantitative estimate of drug-likeness (QED) is 0.880. The van der Waals surface area contributed by atoms with Gasteiger partial charge >= 0.3 is 0 Å². The first-order valence-electron chi connectivity index (χ1n) is 7.79. The molecular weight excluding hydrogens is 232 g/mol. The lowest BCUT2D eigenvalue weighted by molar-refractivity contribution is 0.108.